The van der Waals surface area contributed by atoms with Crippen LogP contribution in [0.15, 0.2) is 0 Å². The van der Waals surface area contributed by atoms with E-state index in [9.17, 15) is 0 Å². The summed E-state index contributed by atoms with van der Waals surface area (Å²) >= 11 is 0. The van der Waals surface area contributed by atoms with E-state index in [-0.39, 0.29) is 0 Å². The van der Waals surface area contributed by atoms with E-state index in [4.69, 9.17) is 0 Å². The largest absolute Gasteiger partial charge is 0.311 e. The Kier molecular flexibility index (Phi) is 3.71. The molecule has 1 heterocycles. The standard InChI is InChI=1S/C14H27N/c1-3-12-8-5-6-9-13(12)14(4-2)10-7-11-15-14/h12-13,15H,3-11H2,1-2H3. The van der Waals surface area contributed by atoms with E-state index in [1.807, 2.05) is 0 Å². The van der Waals surface area contributed by atoms with Gasteiger partial charge in [0.1, 0.15) is 0 Å². The summed E-state index contributed by atoms with van der Waals surface area (Å²) in [7, 11) is 0. The molecule has 0 aromatic heterocycles. The van der Waals surface area contributed by atoms with Crippen LogP contribution in [-0.4, -0.2) is 12.1 Å². The van der Waals surface area contributed by atoms with Gasteiger partial charge in [-0.1, -0.05) is 39.5 Å². The molecule has 0 radical (unpaired) electrons. The molecule has 1 aliphatic heterocycles. The van der Waals surface area contributed by atoms with Crippen molar-refractivity contribution in [2.24, 2.45) is 11.8 Å². The Morgan fingerprint density at radius 3 is 2.53 bits per heavy atom. The lowest BCUT2D eigenvalue weighted by molar-refractivity contribution is 0.107. The molecule has 1 heteroatoms. The first-order valence-corrected chi connectivity index (χ1v) is 7.07. The van der Waals surface area contributed by atoms with Crippen molar-refractivity contribution in [1.29, 1.82) is 0 Å². The van der Waals surface area contributed by atoms with Crippen molar-refractivity contribution in [1.82, 2.24) is 5.32 Å². The predicted octanol–water partition coefficient (Wildman–Crippen LogP) is 3.74. The molecule has 2 fully saturated rings. The van der Waals surface area contributed by atoms with E-state index in [2.05, 4.69) is 19.2 Å². The van der Waals surface area contributed by atoms with Gasteiger partial charge in [-0.05, 0) is 44.1 Å². The van der Waals surface area contributed by atoms with E-state index in [1.54, 1.807) is 0 Å². The molecule has 1 nitrogen and oxygen atoms in total. The third-order valence-corrected chi connectivity index (χ3v) is 5.05. The van der Waals surface area contributed by atoms with E-state index >= 15 is 0 Å². The van der Waals surface area contributed by atoms with Crippen LogP contribution in [0.2, 0.25) is 0 Å². The maximum atomic E-state index is 3.85. The second kappa shape index (κ2) is 4.86. The normalized spacial score (nSPS) is 42.0. The molecule has 2 rings (SSSR count). The first-order valence-electron chi connectivity index (χ1n) is 7.07. The minimum absolute atomic E-state index is 0.529. The van der Waals surface area contributed by atoms with E-state index in [0.29, 0.717) is 5.54 Å². The number of hydrogen-bond donors (Lipinski definition) is 1. The Bertz CT molecular complexity index is 194. The van der Waals surface area contributed by atoms with Gasteiger partial charge >= 0.3 is 0 Å². The predicted molar refractivity (Wildman–Crippen MR) is 66.0 cm³/mol. The van der Waals surface area contributed by atoms with Gasteiger partial charge in [0.05, 0.1) is 0 Å². The molecule has 3 unspecified atom stereocenters. The van der Waals surface area contributed by atoms with Crippen molar-refractivity contribution in [2.45, 2.75) is 70.8 Å². The molecule has 0 amide bonds. The monoisotopic (exact) mass is 209 g/mol. The second-order valence-corrected chi connectivity index (χ2v) is 5.60. The zero-order valence-electron chi connectivity index (χ0n) is 10.5. The molecule has 1 saturated carbocycles. The summed E-state index contributed by atoms with van der Waals surface area (Å²) in [5, 5.41) is 3.85. The molecule has 15 heavy (non-hydrogen) atoms. The first-order chi connectivity index (χ1) is 7.32. The smallest absolute Gasteiger partial charge is 0.0210 e. The van der Waals surface area contributed by atoms with E-state index in [0.717, 1.165) is 11.8 Å². The van der Waals surface area contributed by atoms with Crippen LogP contribution in [0.3, 0.4) is 0 Å². The summed E-state index contributed by atoms with van der Waals surface area (Å²) in [5.74, 6) is 1.98. The molecule has 0 spiro atoms. The van der Waals surface area contributed by atoms with Gasteiger partial charge in [0.15, 0.2) is 0 Å². The maximum absolute atomic E-state index is 3.85. The van der Waals surface area contributed by atoms with Crippen LogP contribution in [0.5, 0.6) is 0 Å². The van der Waals surface area contributed by atoms with Crippen molar-refractivity contribution < 1.29 is 0 Å². The van der Waals surface area contributed by atoms with Crippen molar-refractivity contribution >= 4 is 0 Å². The molecule has 88 valence electrons. The lowest BCUT2D eigenvalue weighted by Crippen LogP contribution is -2.50. The van der Waals surface area contributed by atoms with Gasteiger partial charge in [-0.15, -0.1) is 0 Å². The topological polar surface area (TPSA) is 12.0 Å². The Balaban J connectivity index is 2.10. The minimum atomic E-state index is 0.529. The zero-order chi connectivity index (χ0) is 10.7. The van der Waals surface area contributed by atoms with Crippen LogP contribution in [0.1, 0.15) is 65.2 Å². The molecule has 0 aromatic rings. The highest BCUT2D eigenvalue weighted by molar-refractivity contribution is 5.00. The van der Waals surface area contributed by atoms with Gasteiger partial charge in [0.25, 0.3) is 0 Å². The lowest BCUT2D eigenvalue weighted by atomic mass is 9.66. The summed E-state index contributed by atoms with van der Waals surface area (Å²) < 4.78 is 0. The number of rotatable bonds is 3. The third-order valence-electron chi connectivity index (χ3n) is 5.05. The zero-order valence-corrected chi connectivity index (χ0v) is 10.5. The third kappa shape index (κ3) is 2.08. The highest BCUT2D eigenvalue weighted by Crippen LogP contribution is 2.44. The summed E-state index contributed by atoms with van der Waals surface area (Å²) in [5.41, 5.74) is 0.529. The molecule has 1 aliphatic carbocycles. The van der Waals surface area contributed by atoms with Gasteiger partial charge in [-0.3, -0.25) is 0 Å². The van der Waals surface area contributed by atoms with Crippen molar-refractivity contribution in [3.05, 3.63) is 0 Å². The fourth-order valence-corrected chi connectivity index (χ4v) is 4.13. The first kappa shape index (κ1) is 11.4. The van der Waals surface area contributed by atoms with E-state index in [1.165, 1.54) is 57.9 Å². The second-order valence-electron chi connectivity index (χ2n) is 5.60. The van der Waals surface area contributed by atoms with Crippen LogP contribution in [0.4, 0.5) is 0 Å². The fourth-order valence-electron chi connectivity index (χ4n) is 4.13. The Morgan fingerprint density at radius 1 is 1.13 bits per heavy atom. The van der Waals surface area contributed by atoms with Gasteiger partial charge in [-0.2, -0.15) is 0 Å². The summed E-state index contributed by atoms with van der Waals surface area (Å²) in [4.78, 5) is 0. The molecule has 2 aliphatic rings. The van der Waals surface area contributed by atoms with Crippen molar-refractivity contribution in [3.8, 4) is 0 Å². The SMILES string of the molecule is CCC1CCCCC1C1(CC)CCCN1. The number of hydrogen-bond acceptors (Lipinski definition) is 1. The van der Waals surface area contributed by atoms with Crippen LogP contribution >= 0.6 is 0 Å². The highest BCUT2D eigenvalue weighted by Gasteiger charge is 2.43. The molecule has 0 bridgehead atoms. The van der Waals surface area contributed by atoms with Gasteiger partial charge in [-0.25, -0.2) is 0 Å². The lowest BCUT2D eigenvalue weighted by Gasteiger charge is -2.44. The quantitative estimate of drug-likeness (QED) is 0.746. The minimum Gasteiger partial charge on any atom is -0.311 e. The molecular formula is C14H27N. The average molecular weight is 209 g/mol. The molecule has 0 aromatic carbocycles. The van der Waals surface area contributed by atoms with Crippen molar-refractivity contribution in [3.63, 3.8) is 0 Å². The molecule has 3 atom stereocenters. The summed E-state index contributed by atoms with van der Waals surface area (Å²) in [6.45, 7) is 6.04. The maximum Gasteiger partial charge on any atom is 0.0210 e. The van der Waals surface area contributed by atoms with Crippen LogP contribution < -0.4 is 5.32 Å². The molecule has 1 saturated heterocycles. The van der Waals surface area contributed by atoms with Gasteiger partial charge in [0.2, 0.25) is 0 Å². The summed E-state index contributed by atoms with van der Waals surface area (Å²) in [6.07, 6.45) is 11.5. The number of nitrogens with one attached hydrogen (secondary N) is 1. The summed E-state index contributed by atoms with van der Waals surface area (Å²) in [6, 6.07) is 0. The van der Waals surface area contributed by atoms with Crippen LogP contribution in [0.25, 0.3) is 0 Å². The van der Waals surface area contributed by atoms with Gasteiger partial charge in [0, 0.05) is 5.54 Å². The van der Waals surface area contributed by atoms with Crippen LogP contribution in [0, 0.1) is 11.8 Å². The van der Waals surface area contributed by atoms with Crippen molar-refractivity contribution in [2.75, 3.05) is 6.54 Å². The average Bonchev–Trinajstić information content (AvgIpc) is 2.79. The Labute approximate surface area is 95.0 Å². The molecular weight excluding hydrogens is 182 g/mol. The highest BCUT2D eigenvalue weighted by atomic mass is 15.0. The van der Waals surface area contributed by atoms with Crippen LogP contribution in [-0.2, 0) is 0 Å². The van der Waals surface area contributed by atoms with Gasteiger partial charge < -0.3 is 5.32 Å². The van der Waals surface area contributed by atoms with E-state index < -0.39 is 0 Å². The fraction of sp³-hybridized carbons (Fsp3) is 1.00. The Morgan fingerprint density at radius 2 is 1.93 bits per heavy atom. The molecule has 1 N–H and O–H groups in total. The Hall–Kier alpha value is -0.0400.